The smallest absolute Gasteiger partial charge is 0.227 e. The van der Waals surface area contributed by atoms with Crippen LogP contribution in [0.2, 0.25) is 0 Å². The Balaban J connectivity index is 1.82. The van der Waals surface area contributed by atoms with Gasteiger partial charge in [0.15, 0.2) is 0 Å². The molecule has 1 saturated carbocycles. The van der Waals surface area contributed by atoms with Gasteiger partial charge in [-0.2, -0.15) is 5.10 Å². The van der Waals surface area contributed by atoms with Crippen molar-refractivity contribution in [3.05, 3.63) is 41.7 Å². The lowest BCUT2D eigenvalue weighted by atomic mass is 9.88. The fourth-order valence-electron chi connectivity index (χ4n) is 3.23. The van der Waals surface area contributed by atoms with Gasteiger partial charge in [0.05, 0.1) is 22.8 Å². The number of nitrogens with zero attached hydrogens (tertiary/aromatic N) is 2. The molecular formula is C18H23N3O. The zero-order valence-electron chi connectivity index (χ0n) is 13.3. The summed E-state index contributed by atoms with van der Waals surface area (Å²) in [6.45, 7) is 3.95. The molecule has 1 N–H and O–H groups in total. The van der Waals surface area contributed by atoms with Gasteiger partial charge in [-0.3, -0.25) is 4.79 Å². The Morgan fingerprint density at radius 2 is 1.82 bits per heavy atom. The van der Waals surface area contributed by atoms with Crippen molar-refractivity contribution in [1.29, 1.82) is 0 Å². The molecule has 2 aromatic rings. The number of hydrogen-bond acceptors (Lipinski definition) is 2. The van der Waals surface area contributed by atoms with Crippen molar-refractivity contribution in [2.75, 3.05) is 5.32 Å². The predicted molar refractivity (Wildman–Crippen MR) is 88.2 cm³/mol. The summed E-state index contributed by atoms with van der Waals surface area (Å²) in [6.07, 6.45) is 5.61. The number of carbonyl (C=O) groups excluding carboxylic acids is 1. The molecule has 0 saturated heterocycles. The van der Waals surface area contributed by atoms with Crippen molar-refractivity contribution < 1.29 is 4.79 Å². The van der Waals surface area contributed by atoms with E-state index in [1.54, 1.807) is 0 Å². The van der Waals surface area contributed by atoms with Gasteiger partial charge in [0.1, 0.15) is 0 Å². The number of nitrogens with one attached hydrogen (secondary N) is 1. The Hall–Kier alpha value is -2.10. The molecule has 1 aliphatic rings. The lowest BCUT2D eigenvalue weighted by Crippen LogP contribution is -2.25. The van der Waals surface area contributed by atoms with Gasteiger partial charge >= 0.3 is 0 Å². The third-order valence-corrected chi connectivity index (χ3v) is 4.52. The zero-order chi connectivity index (χ0) is 15.5. The number of carbonyl (C=O) groups is 1. The van der Waals surface area contributed by atoms with E-state index in [2.05, 4.69) is 10.4 Å². The van der Waals surface area contributed by atoms with Crippen LogP contribution >= 0.6 is 0 Å². The van der Waals surface area contributed by atoms with E-state index in [-0.39, 0.29) is 11.8 Å². The maximum Gasteiger partial charge on any atom is 0.227 e. The van der Waals surface area contributed by atoms with Gasteiger partial charge in [0.2, 0.25) is 5.91 Å². The molecule has 22 heavy (non-hydrogen) atoms. The highest BCUT2D eigenvalue weighted by atomic mass is 16.1. The lowest BCUT2D eigenvalue weighted by Gasteiger charge is -2.20. The third kappa shape index (κ3) is 2.91. The molecule has 4 nitrogen and oxygen atoms in total. The quantitative estimate of drug-likeness (QED) is 0.930. The normalized spacial score (nSPS) is 15.7. The first kappa shape index (κ1) is 14.8. The Kier molecular flexibility index (Phi) is 4.27. The summed E-state index contributed by atoms with van der Waals surface area (Å²) >= 11 is 0. The van der Waals surface area contributed by atoms with Crippen LogP contribution < -0.4 is 5.32 Å². The van der Waals surface area contributed by atoms with E-state index in [1.165, 1.54) is 19.3 Å². The van der Waals surface area contributed by atoms with Crippen LogP contribution in [-0.2, 0) is 4.79 Å². The first-order chi connectivity index (χ1) is 10.7. The number of amides is 1. The average molecular weight is 297 g/mol. The first-order valence-electron chi connectivity index (χ1n) is 8.09. The van der Waals surface area contributed by atoms with Gasteiger partial charge in [-0.25, -0.2) is 4.68 Å². The third-order valence-electron chi connectivity index (χ3n) is 4.52. The second kappa shape index (κ2) is 6.34. The van der Waals surface area contributed by atoms with Crippen LogP contribution in [0.25, 0.3) is 5.69 Å². The summed E-state index contributed by atoms with van der Waals surface area (Å²) < 4.78 is 1.89. The van der Waals surface area contributed by atoms with Gasteiger partial charge in [-0.15, -0.1) is 0 Å². The largest absolute Gasteiger partial charge is 0.323 e. The van der Waals surface area contributed by atoms with Gasteiger partial charge in [-0.05, 0) is 38.8 Å². The van der Waals surface area contributed by atoms with Crippen molar-refractivity contribution in [1.82, 2.24) is 9.78 Å². The van der Waals surface area contributed by atoms with E-state index < -0.39 is 0 Å². The monoisotopic (exact) mass is 297 g/mol. The highest BCUT2D eigenvalue weighted by Gasteiger charge is 2.23. The molecule has 1 aromatic heterocycles. The summed E-state index contributed by atoms with van der Waals surface area (Å²) in [5.74, 6) is 0.311. The molecule has 0 atom stereocenters. The van der Waals surface area contributed by atoms with Crippen LogP contribution in [0.15, 0.2) is 30.3 Å². The molecule has 0 aliphatic heterocycles. The van der Waals surface area contributed by atoms with Crippen molar-refractivity contribution >= 4 is 11.6 Å². The van der Waals surface area contributed by atoms with E-state index in [9.17, 15) is 4.79 Å². The maximum atomic E-state index is 12.5. The van der Waals surface area contributed by atoms with Crippen molar-refractivity contribution in [2.45, 2.75) is 46.0 Å². The van der Waals surface area contributed by atoms with Gasteiger partial charge in [0.25, 0.3) is 0 Å². The summed E-state index contributed by atoms with van der Waals surface area (Å²) in [5, 5.41) is 7.70. The second-order valence-corrected chi connectivity index (χ2v) is 6.12. The Bertz CT molecular complexity index is 654. The summed E-state index contributed by atoms with van der Waals surface area (Å²) in [6, 6.07) is 10.0. The van der Waals surface area contributed by atoms with Crippen LogP contribution in [0.3, 0.4) is 0 Å². The average Bonchev–Trinajstić information content (AvgIpc) is 2.84. The highest BCUT2D eigenvalue weighted by Crippen LogP contribution is 2.27. The predicted octanol–water partition coefficient (Wildman–Crippen LogP) is 4.01. The number of para-hydroxylation sites is 1. The number of aryl methyl sites for hydroxylation is 1. The van der Waals surface area contributed by atoms with Crippen LogP contribution in [0, 0.1) is 19.8 Å². The van der Waals surface area contributed by atoms with Gasteiger partial charge < -0.3 is 5.32 Å². The minimum atomic E-state index is 0.151. The fourth-order valence-corrected chi connectivity index (χ4v) is 3.23. The Morgan fingerprint density at radius 1 is 1.14 bits per heavy atom. The maximum absolute atomic E-state index is 12.5. The number of rotatable bonds is 3. The zero-order valence-corrected chi connectivity index (χ0v) is 13.3. The summed E-state index contributed by atoms with van der Waals surface area (Å²) in [7, 11) is 0. The molecule has 0 spiro atoms. The SMILES string of the molecule is Cc1nn(-c2ccccc2)c(C)c1NC(=O)C1CCCCC1. The Morgan fingerprint density at radius 3 is 2.50 bits per heavy atom. The molecule has 1 aromatic carbocycles. The molecule has 0 bridgehead atoms. The standard InChI is InChI=1S/C18H23N3O/c1-13-17(19-18(22)15-9-5-3-6-10-15)14(2)21(20-13)16-11-7-4-8-12-16/h4,7-8,11-12,15H,3,5-6,9-10H2,1-2H3,(H,19,22). The minimum absolute atomic E-state index is 0.151. The van der Waals surface area contributed by atoms with E-state index in [4.69, 9.17) is 0 Å². The number of anilines is 1. The molecule has 0 unspecified atom stereocenters. The van der Waals surface area contributed by atoms with Crippen LogP contribution in [0.4, 0.5) is 5.69 Å². The van der Waals surface area contributed by atoms with Gasteiger partial charge in [0, 0.05) is 5.92 Å². The van der Waals surface area contributed by atoms with E-state index >= 15 is 0 Å². The van der Waals surface area contributed by atoms with E-state index in [0.29, 0.717) is 0 Å². The fraction of sp³-hybridized carbons (Fsp3) is 0.444. The Labute approximate surface area is 131 Å². The van der Waals surface area contributed by atoms with Crippen molar-refractivity contribution in [2.24, 2.45) is 5.92 Å². The number of hydrogen-bond donors (Lipinski definition) is 1. The topological polar surface area (TPSA) is 46.9 Å². The highest BCUT2D eigenvalue weighted by molar-refractivity contribution is 5.93. The van der Waals surface area contributed by atoms with Crippen LogP contribution in [0.1, 0.15) is 43.5 Å². The molecule has 1 fully saturated rings. The van der Waals surface area contributed by atoms with Crippen molar-refractivity contribution in [3.8, 4) is 5.69 Å². The lowest BCUT2D eigenvalue weighted by molar-refractivity contribution is -0.120. The second-order valence-electron chi connectivity index (χ2n) is 6.12. The van der Waals surface area contributed by atoms with Crippen molar-refractivity contribution in [3.63, 3.8) is 0 Å². The number of benzene rings is 1. The molecule has 1 amide bonds. The summed E-state index contributed by atoms with van der Waals surface area (Å²) in [5.41, 5.74) is 3.72. The van der Waals surface area contributed by atoms with Gasteiger partial charge in [-0.1, -0.05) is 37.5 Å². The summed E-state index contributed by atoms with van der Waals surface area (Å²) in [4.78, 5) is 12.5. The molecule has 3 rings (SSSR count). The molecule has 116 valence electrons. The van der Waals surface area contributed by atoms with E-state index in [0.717, 1.165) is 35.6 Å². The number of aromatic nitrogens is 2. The molecule has 0 radical (unpaired) electrons. The van der Waals surface area contributed by atoms with Crippen LogP contribution in [0.5, 0.6) is 0 Å². The van der Waals surface area contributed by atoms with Crippen LogP contribution in [-0.4, -0.2) is 15.7 Å². The molecule has 4 heteroatoms. The first-order valence-corrected chi connectivity index (χ1v) is 8.09. The van der Waals surface area contributed by atoms with E-state index in [1.807, 2.05) is 48.9 Å². The minimum Gasteiger partial charge on any atom is -0.323 e. The molecule has 1 heterocycles. The molecule has 1 aliphatic carbocycles. The molecular weight excluding hydrogens is 274 g/mol.